The van der Waals surface area contributed by atoms with Gasteiger partial charge in [-0.15, -0.1) is 0 Å². The Morgan fingerprint density at radius 1 is 0.788 bits per heavy atom. The van der Waals surface area contributed by atoms with Crippen molar-refractivity contribution in [3.05, 3.63) is 0 Å². The quantitative estimate of drug-likeness (QED) is 0.0949. The van der Waals surface area contributed by atoms with E-state index in [4.69, 9.17) is 9.16 Å². The van der Waals surface area contributed by atoms with Gasteiger partial charge in [0.05, 0.1) is 0 Å². The molecule has 4 nitrogen and oxygen atoms in total. The monoisotopic (exact) mass is 485 g/mol. The Bertz CT molecular complexity index is 451. The first-order valence-corrected chi connectivity index (χ1v) is 17.1. The number of nitrogens with one attached hydrogen (secondary N) is 1. The van der Waals surface area contributed by atoms with Crippen LogP contribution in [0.3, 0.4) is 0 Å². The van der Waals surface area contributed by atoms with Gasteiger partial charge in [0.25, 0.3) is 0 Å². The molecule has 0 spiro atoms. The predicted molar refractivity (Wildman–Crippen MR) is 147 cm³/mol. The van der Waals surface area contributed by atoms with Gasteiger partial charge in [-0.3, -0.25) is 4.79 Å². The molecule has 0 radical (unpaired) electrons. The molecule has 0 bridgehead atoms. The molecule has 0 saturated heterocycles. The van der Waals surface area contributed by atoms with Crippen LogP contribution in [0, 0.1) is 0 Å². The Morgan fingerprint density at radius 2 is 1.33 bits per heavy atom. The van der Waals surface area contributed by atoms with Crippen molar-refractivity contribution in [3.63, 3.8) is 0 Å². The van der Waals surface area contributed by atoms with Crippen LogP contribution in [-0.4, -0.2) is 40.1 Å². The summed E-state index contributed by atoms with van der Waals surface area (Å²) in [5, 5.41) is 3.80. The van der Waals surface area contributed by atoms with E-state index in [1.165, 1.54) is 51.4 Å². The first-order valence-electron chi connectivity index (χ1n) is 14.2. The van der Waals surface area contributed by atoms with Crippen molar-refractivity contribution in [1.82, 2.24) is 5.32 Å². The second-order valence-corrected chi connectivity index (χ2v) is 16.1. The van der Waals surface area contributed by atoms with Gasteiger partial charge in [0, 0.05) is 13.0 Å². The number of carbonyl (C=O) groups is 1. The number of hydrogen-bond donors (Lipinski definition) is 1. The van der Waals surface area contributed by atoms with Gasteiger partial charge in [-0.05, 0) is 76.2 Å². The zero-order valence-electron chi connectivity index (χ0n) is 23.5. The van der Waals surface area contributed by atoms with Crippen LogP contribution in [0.1, 0.15) is 131 Å². The summed E-state index contributed by atoms with van der Waals surface area (Å²) in [6.45, 7) is 18.8. The zero-order chi connectivity index (χ0) is 25.0. The molecule has 0 aromatic heterocycles. The maximum Gasteiger partial charge on any atom is 0.306 e. The Balaban J connectivity index is 3.84. The first kappa shape index (κ1) is 32.6. The summed E-state index contributed by atoms with van der Waals surface area (Å²) in [6, 6.07) is 0. The Hall–Kier alpha value is -0.393. The minimum Gasteiger partial charge on any atom is -0.462 e. The molecule has 0 fully saturated rings. The van der Waals surface area contributed by atoms with Crippen LogP contribution in [-0.2, 0) is 14.0 Å². The lowest BCUT2D eigenvalue weighted by Crippen LogP contribution is -2.41. The number of unbranched alkanes of at least 4 members (excludes halogenated alkanes) is 8. The summed E-state index contributed by atoms with van der Waals surface area (Å²) in [7, 11) is -1.61. The third-order valence-electron chi connectivity index (χ3n) is 7.06. The van der Waals surface area contributed by atoms with Crippen molar-refractivity contribution >= 4 is 14.3 Å². The summed E-state index contributed by atoms with van der Waals surface area (Å²) < 4.78 is 12.1. The van der Waals surface area contributed by atoms with E-state index in [1.54, 1.807) is 0 Å². The molecule has 0 aliphatic rings. The molecular formula is C28H59NO3Si. The van der Waals surface area contributed by atoms with Crippen molar-refractivity contribution < 1.29 is 14.0 Å². The minimum absolute atomic E-state index is 0.0155. The van der Waals surface area contributed by atoms with E-state index < -0.39 is 8.32 Å². The van der Waals surface area contributed by atoms with Gasteiger partial charge in [-0.1, -0.05) is 79.6 Å². The van der Waals surface area contributed by atoms with E-state index in [1.807, 2.05) is 0 Å². The van der Waals surface area contributed by atoms with E-state index in [0.717, 1.165) is 58.2 Å². The van der Waals surface area contributed by atoms with Crippen molar-refractivity contribution in [2.45, 2.75) is 155 Å². The normalized spacial score (nSPS) is 12.5. The van der Waals surface area contributed by atoms with Crippen molar-refractivity contribution in [1.29, 1.82) is 0 Å². The lowest BCUT2D eigenvalue weighted by molar-refractivity contribution is -0.150. The average Bonchev–Trinajstić information content (AvgIpc) is 2.74. The average molecular weight is 486 g/mol. The topological polar surface area (TPSA) is 47.6 Å². The minimum atomic E-state index is -1.61. The fourth-order valence-electron chi connectivity index (χ4n) is 3.67. The third kappa shape index (κ3) is 18.6. The lowest BCUT2D eigenvalue weighted by atomic mass is 10.0. The van der Waals surface area contributed by atoms with E-state index >= 15 is 0 Å². The first-order chi connectivity index (χ1) is 15.6. The van der Waals surface area contributed by atoms with Crippen LogP contribution < -0.4 is 5.32 Å². The number of hydrogen-bond acceptors (Lipinski definition) is 4. The molecule has 0 aliphatic heterocycles. The smallest absolute Gasteiger partial charge is 0.306 e. The molecule has 1 N–H and O–H groups in total. The Labute approximate surface area is 208 Å². The molecule has 0 amide bonds. The number of rotatable bonds is 22. The Kier molecular flexibility index (Phi) is 19.6. The molecular weight excluding hydrogens is 426 g/mol. The van der Waals surface area contributed by atoms with Crippen LogP contribution in [0.4, 0.5) is 0 Å². The lowest BCUT2D eigenvalue weighted by Gasteiger charge is -2.36. The van der Waals surface area contributed by atoms with Crippen LogP contribution in [0.2, 0.25) is 18.1 Å². The summed E-state index contributed by atoms with van der Waals surface area (Å²) >= 11 is 0. The van der Waals surface area contributed by atoms with Gasteiger partial charge in [-0.25, -0.2) is 0 Å². The number of carbonyl (C=O) groups excluding carboxylic acids is 1. The number of ether oxygens (including phenoxy) is 1. The molecule has 0 heterocycles. The maximum atomic E-state index is 12.3. The van der Waals surface area contributed by atoms with E-state index in [-0.39, 0.29) is 17.1 Å². The molecule has 0 unspecified atom stereocenters. The predicted octanol–water partition coefficient (Wildman–Crippen LogP) is 8.40. The van der Waals surface area contributed by atoms with Crippen molar-refractivity contribution in [2.75, 3.05) is 19.7 Å². The molecule has 0 saturated carbocycles. The SMILES string of the molecule is CCCCCCC(CCCCCC)OC(=O)CCCCCNCCCO[Si](C)(C)C(C)(C)C. The van der Waals surface area contributed by atoms with Crippen LogP contribution in [0.5, 0.6) is 0 Å². The molecule has 0 atom stereocenters. The van der Waals surface area contributed by atoms with E-state index in [9.17, 15) is 4.79 Å². The molecule has 0 rings (SSSR count). The highest BCUT2D eigenvalue weighted by atomic mass is 28.4. The highest BCUT2D eigenvalue weighted by molar-refractivity contribution is 6.74. The molecule has 0 aliphatic carbocycles. The van der Waals surface area contributed by atoms with E-state index in [0.29, 0.717) is 6.42 Å². The summed E-state index contributed by atoms with van der Waals surface area (Å²) in [4.78, 5) is 12.3. The zero-order valence-corrected chi connectivity index (χ0v) is 24.5. The van der Waals surface area contributed by atoms with Gasteiger partial charge in [0.15, 0.2) is 8.32 Å². The summed E-state index contributed by atoms with van der Waals surface area (Å²) in [6.07, 6.45) is 17.0. The van der Waals surface area contributed by atoms with Crippen molar-refractivity contribution in [2.24, 2.45) is 0 Å². The van der Waals surface area contributed by atoms with E-state index in [2.05, 4.69) is 53.0 Å². The highest BCUT2D eigenvalue weighted by Gasteiger charge is 2.36. The standard InChI is InChI=1S/C28H59NO3Si/c1-8-10-12-15-20-26(21-16-13-11-9-2)32-27(30)22-17-14-18-23-29-24-19-25-31-33(6,7)28(3,4)5/h26,29H,8-25H2,1-7H3. The van der Waals surface area contributed by atoms with Gasteiger partial charge < -0.3 is 14.5 Å². The van der Waals surface area contributed by atoms with Gasteiger partial charge >= 0.3 is 5.97 Å². The van der Waals surface area contributed by atoms with Crippen molar-refractivity contribution in [3.8, 4) is 0 Å². The molecule has 0 aromatic rings. The molecule has 0 aromatic carbocycles. The maximum absolute atomic E-state index is 12.3. The second kappa shape index (κ2) is 19.9. The third-order valence-corrected chi connectivity index (χ3v) is 11.6. The van der Waals surface area contributed by atoms with Gasteiger partial charge in [0.1, 0.15) is 6.10 Å². The number of esters is 1. The largest absolute Gasteiger partial charge is 0.462 e. The van der Waals surface area contributed by atoms with Gasteiger partial charge in [0.2, 0.25) is 0 Å². The van der Waals surface area contributed by atoms with Crippen LogP contribution in [0.15, 0.2) is 0 Å². The Morgan fingerprint density at radius 3 is 1.88 bits per heavy atom. The summed E-state index contributed by atoms with van der Waals surface area (Å²) in [5.74, 6) is 0.0155. The van der Waals surface area contributed by atoms with Gasteiger partial charge in [-0.2, -0.15) is 0 Å². The second-order valence-electron chi connectivity index (χ2n) is 11.3. The fourth-order valence-corrected chi connectivity index (χ4v) is 4.75. The highest BCUT2D eigenvalue weighted by Crippen LogP contribution is 2.36. The summed E-state index contributed by atoms with van der Waals surface area (Å²) in [5.41, 5.74) is 0. The fraction of sp³-hybridized carbons (Fsp3) is 0.964. The van der Waals surface area contributed by atoms with Crippen LogP contribution in [0.25, 0.3) is 0 Å². The molecule has 33 heavy (non-hydrogen) atoms. The molecule has 5 heteroatoms. The van der Waals surface area contributed by atoms with Crippen LogP contribution >= 0.6 is 0 Å². The molecule has 198 valence electrons.